The number of nitrogens with one attached hydrogen (secondary N) is 2. The number of benzene rings is 2. The van der Waals surface area contributed by atoms with E-state index in [0.717, 1.165) is 5.69 Å². The molecule has 114 valence electrons. The first-order chi connectivity index (χ1) is 10.5. The fourth-order valence-electron chi connectivity index (χ4n) is 1.80. The predicted octanol–water partition coefficient (Wildman–Crippen LogP) is 2.48. The molecule has 22 heavy (non-hydrogen) atoms. The van der Waals surface area contributed by atoms with E-state index in [1.165, 1.54) is 6.07 Å². The van der Waals surface area contributed by atoms with Gasteiger partial charge in [-0.3, -0.25) is 20.4 Å². The van der Waals surface area contributed by atoms with E-state index in [2.05, 4.69) is 10.9 Å². The van der Waals surface area contributed by atoms with Crippen LogP contribution in [0.2, 0.25) is 5.02 Å². The lowest BCUT2D eigenvalue weighted by Crippen LogP contribution is -2.41. The Labute approximate surface area is 133 Å². The zero-order valence-corrected chi connectivity index (χ0v) is 13.0. The summed E-state index contributed by atoms with van der Waals surface area (Å²) in [7, 11) is 3.83. The molecule has 2 rings (SSSR count). The van der Waals surface area contributed by atoms with E-state index in [1.807, 2.05) is 31.1 Å². The monoisotopic (exact) mass is 317 g/mol. The third-order valence-corrected chi connectivity index (χ3v) is 3.26. The standard InChI is InChI=1S/C16H16ClN3O2/c1-20(2)14-8-6-11(7-9-14)15(21)18-19-16(22)12-4-3-5-13(17)10-12/h3-10H,1-2H3,(H,18,21)(H,19,22). The van der Waals surface area contributed by atoms with Crippen LogP contribution in [0.3, 0.4) is 0 Å². The van der Waals surface area contributed by atoms with Crippen LogP contribution in [-0.4, -0.2) is 25.9 Å². The molecule has 0 atom stereocenters. The van der Waals surface area contributed by atoms with Crippen molar-refractivity contribution in [2.24, 2.45) is 0 Å². The van der Waals surface area contributed by atoms with E-state index in [9.17, 15) is 9.59 Å². The van der Waals surface area contributed by atoms with E-state index < -0.39 is 5.91 Å². The largest absolute Gasteiger partial charge is 0.378 e. The molecular weight excluding hydrogens is 302 g/mol. The summed E-state index contributed by atoms with van der Waals surface area (Å²) in [6, 6.07) is 13.5. The molecule has 0 bridgehead atoms. The summed E-state index contributed by atoms with van der Waals surface area (Å²) in [5.74, 6) is -0.818. The molecule has 6 heteroatoms. The van der Waals surface area contributed by atoms with Gasteiger partial charge in [-0.2, -0.15) is 0 Å². The second kappa shape index (κ2) is 6.95. The van der Waals surface area contributed by atoms with Gasteiger partial charge >= 0.3 is 0 Å². The van der Waals surface area contributed by atoms with Crippen molar-refractivity contribution in [2.75, 3.05) is 19.0 Å². The van der Waals surface area contributed by atoms with E-state index in [1.54, 1.807) is 30.3 Å². The minimum absolute atomic E-state index is 0.371. The Morgan fingerprint density at radius 2 is 1.50 bits per heavy atom. The van der Waals surface area contributed by atoms with Gasteiger partial charge < -0.3 is 4.90 Å². The lowest BCUT2D eigenvalue weighted by molar-refractivity contribution is 0.0846. The number of nitrogens with zero attached hydrogens (tertiary/aromatic N) is 1. The first kappa shape index (κ1) is 15.9. The van der Waals surface area contributed by atoms with Crippen LogP contribution >= 0.6 is 11.6 Å². The molecule has 0 spiro atoms. The van der Waals surface area contributed by atoms with Gasteiger partial charge in [0.1, 0.15) is 0 Å². The molecule has 0 saturated carbocycles. The van der Waals surface area contributed by atoms with Crippen molar-refractivity contribution in [3.8, 4) is 0 Å². The van der Waals surface area contributed by atoms with E-state index in [-0.39, 0.29) is 5.91 Å². The van der Waals surface area contributed by atoms with Crippen molar-refractivity contribution in [1.82, 2.24) is 10.9 Å². The molecule has 0 fully saturated rings. The van der Waals surface area contributed by atoms with Crippen LogP contribution < -0.4 is 15.8 Å². The van der Waals surface area contributed by atoms with E-state index in [4.69, 9.17) is 11.6 Å². The molecule has 0 heterocycles. The Bertz CT molecular complexity index is 684. The van der Waals surface area contributed by atoms with Crippen molar-refractivity contribution >= 4 is 29.1 Å². The first-order valence-corrected chi connectivity index (χ1v) is 6.99. The highest BCUT2D eigenvalue weighted by Crippen LogP contribution is 2.12. The fourth-order valence-corrected chi connectivity index (χ4v) is 1.99. The third kappa shape index (κ3) is 3.99. The minimum atomic E-state index is -0.430. The van der Waals surface area contributed by atoms with Crippen molar-refractivity contribution in [1.29, 1.82) is 0 Å². The molecule has 2 amide bonds. The molecule has 0 unspecified atom stereocenters. The van der Waals surface area contributed by atoms with Crippen LogP contribution in [0.5, 0.6) is 0 Å². The summed E-state index contributed by atoms with van der Waals surface area (Å²) in [6.45, 7) is 0. The highest BCUT2D eigenvalue weighted by atomic mass is 35.5. The van der Waals surface area contributed by atoms with Crippen LogP contribution in [0.25, 0.3) is 0 Å². The molecule has 0 aliphatic carbocycles. The highest BCUT2D eigenvalue weighted by molar-refractivity contribution is 6.30. The van der Waals surface area contributed by atoms with Crippen LogP contribution in [0.15, 0.2) is 48.5 Å². The third-order valence-electron chi connectivity index (χ3n) is 3.02. The molecule has 0 aliphatic rings. The molecule has 0 saturated heterocycles. The molecule has 0 aliphatic heterocycles. The number of carbonyl (C=O) groups is 2. The molecule has 2 aromatic rings. The topological polar surface area (TPSA) is 61.4 Å². The van der Waals surface area contributed by atoms with Crippen LogP contribution in [0, 0.1) is 0 Å². The lowest BCUT2D eigenvalue weighted by atomic mass is 10.2. The van der Waals surface area contributed by atoms with Crippen LogP contribution in [-0.2, 0) is 0 Å². The maximum Gasteiger partial charge on any atom is 0.269 e. The summed E-state index contributed by atoms with van der Waals surface area (Å²) < 4.78 is 0. The van der Waals surface area contributed by atoms with Gasteiger partial charge in [0.15, 0.2) is 0 Å². The smallest absolute Gasteiger partial charge is 0.269 e. The molecular formula is C16H16ClN3O2. The SMILES string of the molecule is CN(C)c1ccc(C(=O)NNC(=O)c2cccc(Cl)c2)cc1. The normalized spacial score (nSPS) is 9.95. The number of hydrazine groups is 1. The number of rotatable bonds is 3. The summed E-state index contributed by atoms with van der Waals surface area (Å²) >= 11 is 5.82. The van der Waals surface area contributed by atoms with Gasteiger partial charge in [-0.05, 0) is 42.5 Å². The van der Waals surface area contributed by atoms with Gasteiger partial charge in [0.2, 0.25) is 0 Å². The number of hydrogen-bond donors (Lipinski definition) is 2. The van der Waals surface area contributed by atoms with Crippen molar-refractivity contribution in [3.63, 3.8) is 0 Å². The van der Waals surface area contributed by atoms with Crippen molar-refractivity contribution < 1.29 is 9.59 Å². The highest BCUT2D eigenvalue weighted by Gasteiger charge is 2.09. The van der Waals surface area contributed by atoms with Gasteiger partial charge in [-0.25, -0.2) is 0 Å². The number of hydrogen-bond acceptors (Lipinski definition) is 3. The Hall–Kier alpha value is -2.53. The average Bonchev–Trinajstić information content (AvgIpc) is 2.52. The van der Waals surface area contributed by atoms with Gasteiger partial charge in [0, 0.05) is 35.9 Å². The zero-order valence-electron chi connectivity index (χ0n) is 12.3. The molecule has 5 nitrogen and oxygen atoms in total. The average molecular weight is 318 g/mol. The minimum Gasteiger partial charge on any atom is -0.378 e. The molecule has 0 radical (unpaired) electrons. The molecule has 2 aromatic carbocycles. The maximum absolute atomic E-state index is 12.0. The quantitative estimate of drug-likeness (QED) is 0.855. The molecule has 0 aromatic heterocycles. The van der Waals surface area contributed by atoms with Gasteiger partial charge in [0.25, 0.3) is 11.8 Å². The summed E-state index contributed by atoms with van der Waals surface area (Å²) in [5, 5.41) is 0.457. The number of halogens is 1. The Balaban J connectivity index is 1.96. The number of amides is 2. The van der Waals surface area contributed by atoms with Crippen LogP contribution in [0.4, 0.5) is 5.69 Å². The Morgan fingerprint density at radius 3 is 2.05 bits per heavy atom. The molecule has 2 N–H and O–H groups in total. The maximum atomic E-state index is 12.0. The zero-order chi connectivity index (χ0) is 16.1. The van der Waals surface area contributed by atoms with Gasteiger partial charge in [0.05, 0.1) is 0 Å². The Kier molecular flexibility index (Phi) is 5.01. The first-order valence-electron chi connectivity index (χ1n) is 6.61. The lowest BCUT2D eigenvalue weighted by Gasteiger charge is -2.13. The van der Waals surface area contributed by atoms with Crippen LogP contribution in [0.1, 0.15) is 20.7 Å². The summed E-state index contributed by atoms with van der Waals surface area (Å²) in [5.41, 5.74) is 6.54. The van der Waals surface area contributed by atoms with Gasteiger partial charge in [-0.1, -0.05) is 17.7 Å². The predicted molar refractivity (Wildman–Crippen MR) is 87.2 cm³/mol. The van der Waals surface area contributed by atoms with E-state index in [0.29, 0.717) is 16.1 Å². The number of anilines is 1. The number of carbonyl (C=O) groups excluding carboxylic acids is 2. The fraction of sp³-hybridized carbons (Fsp3) is 0.125. The second-order valence-electron chi connectivity index (χ2n) is 4.86. The van der Waals surface area contributed by atoms with Crippen molar-refractivity contribution in [2.45, 2.75) is 0 Å². The second-order valence-corrected chi connectivity index (χ2v) is 5.30. The summed E-state index contributed by atoms with van der Waals surface area (Å²) in [4.78, 5) is 25.8. The van der Waals surface area contributed by atoms with Gasteiger partial charge in [-0.15, -0.1) is 0 Å². The van der Waals surface area contributed by atoms with Crippen molar-refractivity contribution in [3.05, 3.63) is 64.7 Å². The summed E-state index contributed by atoms with van der Waals surface area (Å²) in [6.07, 6.45) is 0. The van der Waals surface area contributed by atoms with E-state index >= 15 is 0 Å². The Morgan fingerprint density at radius 1 is 0.909 bits per heavy atom.